The summed E-state index contributed by atoms with van der Waals surface area (Å²) in [6.45, 7) is 4.09. The number of nitrogens with one attached hydrogen (secondary N) is 2. The molecule has 0 radical (unpaired) electrons. The number of ether oxygens (including phenoxy) is 1. The second-order valence-corrected chi connectivity index (χ2v) is 6.58. The Balaban J connectivity index is 0.00000324. The van der Waals surface area contributed by atoms with Gasteiger partial charge >= 0.3 is 0 Å². The zero-order chi connectivity index (χ0) is 13.4. The molecule has 0 aromatic rings. The minimum Gasteiger partial charge on any atom is -0.385 e. The van der Waals surface area contributed by atoms with Crippen LogP contribution in [-0.4, -0.2) is 58.7 Å². The lowest BCUT2D eigenvalue weighted by atomic mass is 10.3. The third-order valence-electron chi connectivity index (χ3n) is 2.69. The number of guanidine groups is 1. The summed E-state index contributed by atoms with van der Waals surface area (Å²) < 4.78 is 27.7. The smallest absolute Gasteiger partial charge is 0.191 e. The summed E-state index contributed by atoms with van der Waals surface area (Å²) in [5, 5.41) is 6.29. The van der Waals surface area contributed by atoms with Gasteiger partial charge in [-0.1, -0.05) is 0 Å². The average molecular weight is 405 g/mol. The van der Waals surface area contributed by atoms with Crippen molar-refractivity contribution in [2.45, 2.75) is 25.8 Å². The van der Waals surface area contributed by atoms with Crippen LogP contribution in [0.5, 0.6) is 0 Å². The molecule has 114 valence electrons. The van der Waals surface area contributed by atoms with Gasteiger partial charge in [0.05, 0.1) is 11.5 Å². The Morgan fingerprint density at radius 2 is 2.21 bits per heavy atom. The van der Waals surface area contributed by atoms with Crippen LogP contribution in [-0.2, 0) is 14.6 Å². The van der Waals surface area contributed by atoms with Gasteiger partial charge in [0, 0.05) is 32.8 Å². The van der Waals surface area contributed by atoms with Gasteiger partial charge in [-0.3, -0.25) is 4.99 Å². The van der Waals surface area contributed by atoms with E-state index in [1.54, 1.807) is 7.11 Å². The highest BCUT2D eigenvalue weighted by Gasteiger charge is 2.28. The fourth-order valence-corrected chi connectivity index (χ4v) is 3.50. The summed E-state index contributed by atoms with van der Waals surface area (Å²) in [6.07, 6.45) is 1.51. The molecule has 19 heavy (non-hydrogen) atoms. The zero-order valence-electron chi connectivity index (χ0n) is 11.5. The van der Waals surface area contributed by atoms with Gasteiger partial charge in [0.15, 0.2) is 15.8 Å². The fraction of sp³-hybridized carbons (Fsp3) is 0.909. The number of halogens is 1. The molecule has 0 saturated carbocycles. The highest BCUT2D eigenvalue weighted by molar-refractivity contribution is 14.0. The van der Waals surface area contributed by atoms with Crippen LogP contribution in [0, 0.1) is 0 Å². The number of hydrogen-bond donors (Lipinski definition) is 2. The Bertz CT molecular complexity index is 373. The predicted octanol–water partition coefficient (Wildman–Crippen LogP) is 0.383. The van der Waals surface area contributed by atoms with E-state index < -0.39 is 9.84 Å². The Labute approximate surface area is 132 Å². The van der Waals surface area contributed by atoms with Gasteiger partial charge in [0.25, 0.3) is 0 Å². The van der Waals surface area contributed by atoms with Crippen LogP contribution in [0.1, 0.15) is 19.8 Å². The summed E-state index contributed by atoms with van der Waals surface area (Å²) in [7, 11) is -1.19. The van der Waals surface area contributed by atoms with Crippen LogP contribution < -0.4 is 10.6 Å². The van der Waals surface area contributed by atoms with Gasteiger partial charge in [0.1, 0.15) is 0 Å². The molecule has 0 spiro atoms. The number of aliphatic imine (C=N–C) groups is 1. The van der Waals surface area contributed by atoms with Gasteiger partial charge in [-0.2, -0.15) is 0 Å². The molecule has 0 aromatic carbocycles. The van der Waals surface area contributed by atoms with Crippen LogP contribution in [0.3, 0.4) is 0 Å². The molecule has 8 heteroatoms. The molecular weight excluding hydrogens is 381 g/mol. The molecular formula is C11H24IN3O3S. The standard InChI is InChI=1S/C11H23N3O3S.HI/c1-3-12-11(13-6-4-7-17-2)14-10-5-8-18(15,16)9-10;/h10H,3-9H2,1-2H3,(H2,12,13,14);1H. The van der Waals surface area contributed by atoms with Crippen molar-refractivity contribution in [3.63, 3.8) is 0 Å². The quantitative estimate of drug-likeness (QED) is 0.289. The molecule has 1 atom stereocenters. The molecule has 1 aliphatic heterocycles. The summed E-state index contributed by atoms with van der Waals surface area (Å²) in [6, 6.07) is -0.0183. The van der Waals surface area contributed by atoms with Gasteiger partial charge in [-0.05, 0) is 19.8 Å². The molecule has 0 bridgehead atoms. The first-order valence-electron chi connectivity index (χ1n) is 6.31. The fourth-order valence-electron chi connectivity index (χ4n) is 1.82. The largest absolute Gasteiger partial charge is 0.385 e. The van der Waals surface area contributed by atoms with E-state index in [0.717, 1.165) is 13.0 Å². The first-order chi connectivity index (χ1) is 8.57. The monoisotopic (exact) mass is 405 g/mol. The second kappa shape index (κ2) is 9.76. The molecule has 6 nitrogen and oxygen atoms in total. The lowest BCUT2D eigenvalue weighted by Crippen LogP contribution is -2.44. The number of sulfone groups is 1. The number of methoxy groups -OCH3 is 1. The Morgan fingerprint density at radius 3 is 2.74 bits per heavy atom. The minimum atomic E-state index is -2.85. The van der Waals surface area contributed by atoms with Crippen molar-refractivity contribution in [2.24, 2.45) is 4.99 Å². The van der Waals surface area contributed by atoms with Crippen molar-refractivity contribution in [3.05, 3.63) is 0 Å². The van der Waals surface area contributed by atoms with Crippen molar-refractivity contribution in [3.8, 4) is 0 Å². The molecule has 0 aliphatic carbocycles. The maximum atomic E-state index is 11.4. The van der Waals surface area contributed by atoms with Gasteiger partial charge in [-0.25, -0.2) is 8.42 Å². The lowest BCUT2D eigenvalue weighted by Gasteiger charge is -2.15. The van der Waals surface area contributed by atoms with Crippen molar-refractivity contribution < 1.29 is 13.2 Å². The molecule has 0 amide bonds. The van der Waals surface area contributed by atoms with E-state index in [0.29, 0.717) is 25.5 Å². The molecule has 2 N–H and O–H groups in total. The van der Waals surface area contributed by atoms with Crippen LogP contribution in [0.2, 0.25) is 0 Å². The van der Waals surface area contributed by atoms with E-state index in [2.05, 4.69) is 15.6 Å². The summed E-state index contributed by atoms with van der Waals surface area (Å²) in [4.78, 5) is 4.38. The third kappa shape index (κ3) is 7.93. The van der Waals surface area contributed by atoms with Crippen LogP contribution in [0.25, 0.3) is 0 Å². The first kappa shape index (κ1) is 18.9. The number of rotatable bonds is 6. The van der Waals surface area contributed by atoms with E-state index in [4.69, 9.17) is 4.74 Å². The molecule has 0 aromatic heterocycles. The summed E-state index contributed by atoms with van der Waals surface area (Å²) in [5.41, 5.74) is 0. The molecule has 1 heterocycles. The number of nitrogens with zero attached hydrogens (tertiary/aromatic N) is 1. The van der Waals surface area contributed by atoms with Crippen molar-refractivity contribution in [2.75, 3.05) is 38.3 Å². The van der Waals surface area contributed by atoms with Crippen molar-refractivity contribution >= 4 is 39.8 Å². The second-order valence-electron chi connectivity index (χ2n) is 4.35. The molecule has 1 unspecified atom stereocenters. The molecule has 1 fully saturated rings. The highest BCUT2D eigenvalue weighted by Crippen LogP contribution is 2.10. The summed E-state index contributed by atoms with van der Waals surface area (Å²) >= 11 is 0. The van der Waals surface area contributed by atoms with Gasteiger partial charge in [-0.15, -0.1) is 24.0 Å². The maximum absolute atomic E-state index is 11.4. The molecule has 1 rings (SSSR count). The van der Waals surface area contributed by atoms with Gasteiger partial charge in [0.2, 0.25) is 0 Å². The van der Waals surface area contributed by atoms with E-state index in [-0.39, 0.29) is 41.5 Å². The van der Waals surface area contributed by atoms with Crippen LogP contribution in [0.4, 0.5) is 0 Å². The lowest BCUT2D eigenvalue weighted by molar-refractivity contribution is 0.197. The van der Waals surface area contributed by atoms with Gasteiger partial charge < -0.3 is 15.4 Å². The molecule has 1 aliphatic rings. The van der Waals surface area contributed by atoms with E-state index in [9.17, 15) is 8.42 Å². The Kier molecular flexibility index (Phi) is 9.71. The van der Waals surface area contributed by atoms with Crippen molar-refractivity contribution in [1.82, 2.24) is 10.6 Å². The zero-order valence-corrected chi connectivity index (χ0v) is 14.7. The van der Waals surface area contributed by atoms with Crippen LogP contribution in [0.15, 0.2) is 4.99 Å². The van der Waals surface area contributed by atoms with Crippen molar-refractivity contribution in [1.29, 1.82) is 0 Å². The Morgan fingerprint density at radius 1 is 1.47 bits per heavy atom. The molecule has 1 saturated heterocycles. The van der Waals surface area contributed by atoms with E-state index >= 15 is 0 Å². The minimum absolute atomic E-state index is 0. The Hall–Kier alpha value is -0.0900. The third-order valence-corrected chi connectivity index (χ3v) is 4.46. The van der Waals surface area contributed by atoms with E-state index in [1.807, 2.05) is 6.92 Å². The predicted molar refractivity (Wildman–Crippen MR) is 88.1 cm³/mol. The first-order valence-corrected chi connectivity index (χ1v) is 8.13. The average Bonchev–Trinajstić information content (AvgIpc) is 2.64. The SMILES string of the molecule is CCNC(=NCCCOC)NC1CCS(=O)(=O)C1.I. The normalized spacial score (nSPS) is 21.8. The highest BCUT2D eigenvalue weighted by atomic mass is 127. The van der Waals surface area contributed by atoms with Crippen LogP contribution >= 0.6 is 24.0 Å². The maximum Gasteiger partial charge on any atom is 0.191 e. The topological polar surface area (TPSA) is 79.8 Å². The van der Waals surface area contributed by atoms with E-state index in [1.165, 1.54) is 0 Å². The number of hydrogen-bond acceptors (Lipinski definition) is 4. The summed E-state index contributed by atoms with van der Waals surface area (Å²) in [5.74, 6) is 1.17.